The lowest BCUT2D eigenvalue weighted by Gasteiger charge is -2.14. The number of rotatable bonds is 6. The van der Waals surface area contributed by atoms with Crippen molar-refractivity contribution in [2.75, 3.05) is 0 Å². The Morgan fingerprint density at radius 1 is 1.04 bits per heavy atom. The largest absolute Gasteiger partial charge is 0.468 e. The van der Waals surface area contributed by atoms with Crippen molar-refractivity contribution in [1.82, 2.24) is 10.0 Å². The molecule has 0 saturated heterocycles. The first kappa shape index (κ1) is 18.5. The van der Waals surface area contributed by atoms with Gasteiger partial charge < -0.3 is 9.73 Å². The Labute approximate surface area is 163 Å². The minimum absolute atomic E-state index is 0.0120. The van der Waals surface area contributed by atoms with E-state index in [1.165, 1.54) is 36.1 Å². The number of nitrogens with one attached hydrogen (secondary N) is 2. The fourth-order valence-corrected chi connectivity index (χ4v) is 4.39. The molecule has 28 heavy (non-hydrogen) atoms. The predicted octanol–water partition coefficient (Wildman–Crippen LogP) is 3.18. The molecule has 1 aliphatic rings. The second kappa shape index (κ2) is 7.61. The quantitative estimate of drug-likeness (QED) is 0.670. The van der Waals surface area contributed by atoms with Crippen molar-refractivity contribution < 1.29 is 17.6 Å². The van der Waals surface area contributed by atoms with Crippen LogP contribution in [0.2, 0.25) is 0 Å². The van der Waals surface area contributed by atoms with E-state index in [9.17, 15) is 13.2 Å². The van der Waals surface area contributed by atoms with Crippen LogP contribution in [0.15, 0.2) is 76.2 Å². The van der Waals surface area contributed by atoms with Crippen LogP contribution in [0.25, 0.3) is 0 Å². The van der Waals surface area contributed by atoms with E-state index in [1.807, 2.05) is 18.2 Å². The molecule has 1 heterocycles. The van der Waals surface area contributed by atoms with Gasteiger partial charge in [-0.15, -0.1) is 0 Å². The molecule has 0 saturated carbocycles. The molecule has 0 spiro atoms. The van der Waals surface area contributed by atoms with Gasteiger partial charge in [-0.05, 0) is 60.4 Å². The van der Waals surface area contributed by atoms with Gasteiger partial charge >= 0.3 is 0 Å². The van der Waals surface area contributed by atoms with Crippen molar-refractivity contribution in [3.8, 4) is 0 Å². The molecule has 1 atom stereocenters. The number of amides is 1. The molecule has 1 unspecified atom stereocenters. The maximum Gasteiger partial charge on any atom is 0.251 e. The van der Waals surface area contributed by atoms with Gasteiger partial charge in [-0.3, -0.25) is 4.79 Å². The summed E-state index contributed by atoms with van der Waals surface area (Å²) in [4.78, 5) is 12.7. The number of carbonyl (C=O) groups is 1. The van der Waals surface area contributed by atoms with Crippen molar-refractivity contribution in [2.24, 2.45) is 0 Å². The average Bonchev–Trinajstić information content (AvgIpc) is 3.37. The minimum Gasteiger partial charge on any atom is -0.468 e. The second-order valence-electron chi connectivity index (χ2n) is 6.69. The molecule has 0 radical (unpaired) electrons. The first-order chi connectivity index (χ1) is 13.5. The van der Waals surface area contributed by atoms with Crippen LogP contribution >= 0.6 is 0 Å². The molecule has 1 amide bonds. The lowest BCUT2D eigenvalue weighted by molar-refractivity contribution is 0.0936. The summed E-state index contributed by atoms with van der Waals surface area (Å²) in [6.45, 7) is 0.0681. The molecule has 4 rings (SSSR count). The van der Waals surface area contributed by atoms with E-state index in [4.69, 9.17) is 4.42 Å². The molecule has 0 fully saturated rings. The Bertz CT molecular complexity index is 1070. The number of benzene rings is 2. The molecule has 144 valence electrons. The summed E-state index contributed by atoms with van der Waals surface area (Å²) in [5.74, 6) is 0.311. The first-order valence-corrected chi connectivity index (χ1v) is 10.5. The summed E-state index contributed by atoms with van der Waals surface area (Å²) < 4.78 is 32.3. The van der Waals surface area contributed by atoms with E-state index in [0.717, 1.165) is 18.4 Å². The molecule has 1 aromatic heterocycles. The fourth-order valence-electron chi connectivity index (χ4n) is 3.40. The maximum absolute atomic E-state index is 12.6. The van der Waals surface area contributed by atoms with Crippen LogP contribution in [0.4, 0.5) is 0 Å². The molecule has 1 aliphatic carbocycles. The Hall–Kier alpha value is -2.90. The summed E-state index contributed by atoms with van der Waals surface area (Å²) in [7, 11) is -3.68. The van der Waals surface area contributed by atoms with Crippen molar-refractivity contribution in [1.29, 1.82) is 0 Å². The minimum atomic E-state index is -3.68. The Morgan fingerprint density at radius 3 is 2.57 bits per heavy atom. The van der Waals surface area contributed by atoms with Crippen LogP contribution in [0.1, 0.15) is 39.7 Å². The fraction of sp³-hybridized carbons (Fsp3) is 0.190. The van der Waals surface area contributed by atoms with E-state index >= 15 is 0 Å². The Balaban J connectivity index is 1.42. The average molecular weight is 396 g/mol. The molecule has 7 heteroatoms. The van der Waals surface area contributed by atoms with Crippen molar-refractivity contribution in [3.05, 3.63) is 89.4 Å². The number of carbonyl (C=O) groups excluding carboxylic acids is 1. The molecule has 2 N–H and O–H groups in total. The van der Waals surface area contributed by atoms with Gasteiger partial charge in [0.2, 0.25) is 10.0 Å². The van der Waals surface area contributed by atoms with E-state index in [-0.39, 0.29) is 23.4 Å². The number of aryl methyl sites for hydroxylation is 1. The third-order valence-electron chi connectivity index (χ3n) is 4.88. The molecule has 3 aromatic rings. The van der Waals surface area contributed by atoms with Crippen molar-refractivity contribution in [2.45, 2.75) is 30.3 Å². The maximum atomic E-state index is 12.6. The van der Waals surface area contributed by atoms with Crippen LogP contribution in [0.3, 0.4) is 0 Å². The Kier molecular flexibility index (Phi) is 5.02. The van der Waals surface area contributed by atoms with Crippen LogP contribution in [0, 0.1) is 0 Å². The standard InChI is InChI=1S/C21H20N2O4S/c24-21(23-20-12-9-15-4-1-2-6-19(15)20)16-7-10-18(11-8-16)28(25,26)22-14-17-5-3-13-27-17/h1-8,10-11,13,20,22H,9,12,14H2,(H,23,24). The lowest BCUT2D eigenvalue weighted by atomic mass is 10.1. The van der Waals surface area contributed by atoms with Crippen molar-refractivity contribution >= 4 is 15.9 Å². The normalized spacial score (nSPS) is 15.9. The van der Waals surface area contributed by atoms with Crippen LogP contribution in [-0.4, -0.2) is 14.3 Å². The number of fused-ring (bicyclic) bond motifs is 1. The molecular weight excluding hydrogens is 376 g/mol. The predicted molar refractivity (Wildman–Crippen MR) is 104 cm³/mol. The zero-order chi connectivity index (χ0) is 19.6. The SMILES string of the molecule is O=C(NC1CCc2ccccc21)c1ccc(S(=O)(=O)NCc2ccco2)cc1. The zero-order valence-corrected chi connectivity index (χ0v) is 15.9. The smallest absolute Gasteiger partial charge is 0.251 e. The van der Waals surface area contributed by atoms with Gasteiger partial charge in [0.1, 0.15) is 5.76 Å². The zero-order valence-electron chi connectivity index (χ0n) is 15.1. The van der Waals surface area contributed by atoms with E-state index in [2.05, 4.69) is 16.1 Å². The van der Waals surface area contributed by atoms with Gasteiger partial charge in [-0.25, -0.2) is 13.1 Å². The van der Waals surface area contributed by atoms with Gasteiger partial charge in [-0.2, -0.15) is 0 Å². The monoisotopic (exact) mass is 396 g/mol. The molecule has 6 nitrogen and oxygen atoms in total. The highest BCUT2D eigenvalue weighted by atomic mass is 32.2. The third-order valence-corrected chi connectivity index (χ3v) is 6.30. The van der Waals surface area contributed by atoms with Crippen molar-refractivity contribution in [3.63, 3.8) is 0 Å². The van der Waals surface area contributed by atoms with E-state index in [0.29, 0.717) is 11.3 Å². The van der Waals surface area contributed by atoms with E-state index < -0.39 is 10.0 Å². The first-order valence-electron chi connectivity index (χ1n) is 9.04. The highest BCUT2D eigenvalue weighted by molar-refractivity contribution is 7.89. The molecule has 0 aliphatic heterocycles. The summed E-state index contributed by atoms with van der Waals surface area (Å²) in [5.41, 5.74) is 2.84. The van der Waals surface area contributed by atoms with Gasteiger partial charge in [0, 0.05) is 5.56 Å². The Morgan fingerprint density at radius 2 is 1.82 bits per heavy atom. The number of furan rings is 1. The molecule has 2 aromatic carbocycles. The molecule has 0 bridgehead atoms. The van der Waals surface area contributed by atoms with Crippen LogP contribution in [-0.2, 0) is 23.0 Å². The lowest BCUT2D eigenvalue weighted by Crippen LogP contribution is -2.27. The summed E-state index contributed by atoms with van der Waals surface area (Å²) >= 11 is 0. The topological polar surface area (TPSA) is 88.4 Å². The molecular formula is C21H20N2O4S. The summed E-state index contributed by atoms with van der Waals surface area (Å²) in [6.07, 6.45) is 3.30. The number of hydrogen-bond donors (Lipinski definition) is 2. The summed E-state index contributed by atoms with van der Waals surface area (Å²) in [5, 5.41) is 3.04. The number of hydrogen-bond acceptors (Lipinski definition) is 4. The third kappa shape index (κ3) is 3.85. The van der Waals surface area contributed by atoms with Crippen LogP contribution < -0.4 is 10.0 Å². The van der Waals surface area contributed by atoms with Gasteiger partial charge in [0.05, 0.1) is 23.7 Å². The van der Waals surface area contributed by atoms with Gasteiger partial charge in [0.15, 0.2) is 0 Å². The van der Waals surface area contributed by atoms with Crippen LogP contribution in [0.5, 0.6) is 0 Å². The highest BCUT2D eigenvalue weighted by Gasteiger charge is 2.24. The second-order valence-corrected chi connectivity index (χ2v) is 8.46. The van der Waals surface area contributed by atoms with Gasteiger partial charge in [0.25, 0.3) is 5.91 Å². The number of sulfonamides is 1. The van der Waals surface area contributed by atoms with Gasteiger partial charge in [-0.1, -0.05) is 24.3 Å². The highest BCUT2D eigenvalue weighted by Crippen LogP contribution is 2.30. The summed E-state index contributed by atoms with van der Waals surface area (Å²) in [6, 6.07) is 17.4. The van der Waals surface area contributed by atoms with E-state index in [1.54, 1.807) is 12.1 Å².